The summed E-state index contributed by atoms with van der Waals surface area (Å²) in [6, 6.07) is 7.00. The van der Waals surface area contributed by atoms with Gasteiger partial charge in [0.05, 0.1) is 18.9 Å². The number of furan rings is 1. The number of fused-ring (bicyclic) bond motifs is 1. The minimum Gasteiger partial charge on any atom is -0.464 e. The number of alkyl halides is 1. The van der Waals surface area contributed by atoms with Crippen LogP contribution in [0.4, 0.5) is 4.39 Å². The Morgan fingerprint density at radius 2 is 2.29 bits per heavy atom. The molecule has 0 aliphatic carbocycles. The molecule has 1 aromatic heterocycles. The minimum atomic E-state index is -0.701. The van der Waals surface area contributed by atoms with Gasteiger partial charge in [0.1, 0.15) is 12.4 Å². The van der Waals surface area contributed by atoms with E-state index in [9.17, 15) is 4.39 Å². The van der Waals surface area contributed by atoms with Gasteiger partial charge in [0, 0.05) is 5.39 Å². The van der Waals surface area contributed by atoms with Crippen LogP contribution in [0.2, 0.25) is 0 Å². The van der Waals surface area contributed by atoms with Crippen LogP contribution in [0.3, 0.4) is 0 Å². The summed E-state index contributed by atoms with van der Waals surface area (Å²) in [6.07, 6.45) is 1.61. The fraction of sp³-hybridized carbons (Fsp3) is 0.231. The second kappa shape index (κ2) is 5.12. The number of halogens is 1. The molecule has 0 aliphatic rings. The summed E-state index contributed by atoms with van der Waals surface area (Å²) in [7, 11) is 0. The van der Waals surface area contributed by atoms with Crippen molar-refractivity contribution in [2.24, 2.45) is 0 Å². The van der Waals surface area contributed by atoms with Gasteiger partial charge < -0.3 is 9.52 Å². The lowest BCUT2D eigenvalue weighted by Crippen LogP contribution is -2.32. The predicted octanol–water partition coefficient (Wildman–Crippen LogP) is 2.32. The van der Waals surface area contributed by atoms with E-state index in [1.54, 1.807) is 6.26 Å². The standard InChI is InChI=1S/C13H14FNO2/c1-9(12(7-16)15-8-14)11-3-2-10-4-5-17-13(10)6-11/h2-6,12,15-16H,1,7-8H2. The zero-order valence-electron chi connectivity index (χ0n) is 9.32. The maximum Gasteiger partial charge on any atom is 0.141 e. The third-order valence-electron chi connectivity index (χ3n) is 2.75. The SMILES string of the molecule is C=C(c1ccc2ccoc2c1)C(CO)NCF. The Hall–Kier alpha value is -1.65. The van der Waals surface area contributed by atoms with Gasteiger partial charge >= 0.3 is 0 Å². The van der Waals surface area contributed by atoms with Crippen molar-refractivity contribution in [1.82, 2.24) is 5.32 Å². The molecular formula is C13H14FNO2. The van der Waals surface area contributed by atoms with E-state index in [-0.39, 0.29) is 6.61 Å². The number of nitrogens with one attached hydrogen (secondary N) is 1. The Morgan fingerprint density at radius 1 is 1.47 bits per heavy atom. The normalized spacial score (nSPS) is 12.8. The molecule has 90 valence electrons. The van der Waals surface area contributed by atoms with Crippen molar-refractivity contribution in [2.45, 2.75) is 6.04 Å². The Bertz CT molecular complexity index is 521. The highest BCUT2D eigenvalue weighted by molar-refractivity contribution is 5.82. The van der Waals surface area contributed by atoms with Gasteiger partial charge in [0.2, 0.25) is 0 Å². The van der Waals surface area contributed by atoms with Gasteiger partial charge in [-0.3, -0.25) is 5.32 Å². The van der Waals surface area contributed by atoms with Crippen LogP contribution in [0.5, 0.6) is 0 Å². The molecule has 1 heterocycles. The first-order valence-electron chi connectivity index (χ1n) is 5.33. The summed E-state index contributed by atoms with van der Waals surface area (Å²) >= 11 is 0. The largest absolute Gasteiger partial charge is 0.464 e. The Labute approximate surface area is 98.6 Å². The van der Waals surface area contributed by atoms with Crippen LogP contribution in [-0.4, -0.2) is 24.6 Å². The van der Waals surface area contributed by atoms with E-state index in [1.165, 1.54) is 0 Å². The number of hydrogen-bond donors (Lipinski definition) is 2. The van der Waals surface area contributed by atoms with Crippen LogP contribution in [0.15, 0.2) is 41.5 Å². The van der Waals surface area contributed by atoms with Crippen molar-refractivity contribution in [2.75, 3.05) is 13.4 Å². The van der Waals surface area contributed by atoms with Gasteiger partial charge in [-0.05, 0) is 23.3 Å². The van der Waals surface area contributed by atoms with Crippen molar-refractivity contribution in [3.05, 3.63) is 42.7 Å². The lowest BCUT2D eigenvalue weighted by molar-refractivity contribution is 0.254. The van der Waals surface area contributed by atoms with E-state index >= 15 is 0 Å². The first-order valence-corrected chi connectivity index (χ1v) is 5.33. The molecule has 4 heteroatoms. The van der Waals surface area contributed by atoms with Crippen molar-refractivity contribution in [1.29, 1.82) is 0 Å². The molecule has 3 nitrogen and oxygen atoms in total. The maximum atomic E-state index is 12.2. The van der Waals surface area contributed by atoms with Crippen molar-refractivity contribution in [3.63, 3.8) is 0 Å². The molecule has 1 unspecified atom stereocenters. The van der Waals surface area contributed by atoms with E-state index in [0.717, 1.165) is 16.5 Å². The third-order valence-corrected chi connectivity index (χ3v) is 2.75. The van der Waals surface area contributed by atoms with Gasteiger partial charge in [-0.15, -0.1) is 0 Å². The van der Waals surface area contributed by atoms with Gasteiger partial charge in [-0.25, -0.2) is 4.39 Å². The van der Waals surface area contributed by atoms with Gasteiger partial charge in [0.15, 0.2) is 0 Å². The van der Waals surface area contributed by atoms with Crippen LogP contribution in [-0.2, 0) is 0 Å². The molecule has 0 fully saturated rings. The third kappa shape index (κ3) is 2.38. The summed E-state index contributed by atoms with van der Waals surface area (Å²) < 4.78 is 17.5. The highest BCUT2D eigenvalue weighted by Gasteiger charge is 2.13. The molecule has 0 saturated heterocycles. The van der Waals surface area contributed by atoms with Crippen LogP contribution in [0.25, 0.3) is 16.5 Å². The minimum absolute atomic E-state index is 0.195. The summed E-state index contributed by atoms with van der Waals surface area (Å²) in [5.74, 6) is 0. The fourth-order valence-corrected chi connectivity index (χ4v) is 1.75. The van der Waals surface area contributed by atoms with Gasteiger partial charge in [-0.1, -0.05) is 18.7 Å². The molecule has 0 spiro atoms. The highest BCUT2D eigenvalue weighted by atomic mass is 19.1. The van der Waals surface area contributed by atoms with E-state index in [4.69, 9.17) is 9.52 Å². The maximum absolute atomic E-state index is 12.2. The molecule has 2 rings (SSSR count). The Morgan fingerprint density at radius 3 is 3.00 bits per heavy atom. The molecule has 0 saturated carbocycles. The molecule has 2 N–H and O–H groups in total. The number of benzene rings is 1. The Balaban J connectivity index is 2.28. The number of hydrogen-bond acceptors (Lipinski definition) is 3. The quantitative estimate of drug-likeness (QED) is 0.782. The molecule has 1 aromatic carbocycles. The van der Waals surface area contributed by atoms with E-state index in [2.05, 4.69) is 11.9 Å². The highest BCUT2D eigenvalue weighted by Crippen LogP contribution is 2.23. The number of aliphatic hydroxyl groups excluding tert-OH is 1. The number of aliphatic hydroxyl groups is 1. The zero-order valence-corrected chi connectivity index (χ0v) is 9.32. The molecular weight excluding hydrogens is 221 g/mol. The molecule has 0 bridgehead atoms. The molecule has 2 aromatic rings. The van der Waals surface area contributed by atoms with Crippen LogP contribution >= 0.6 is 0 Å². The monoisotopic (exact) mass is 235 g/mol. The van der Waals surface area contributed by atoms with Crippen LogP contribution < -0.4 is 5.32 Å². The first-order chi connectivity index (χ1) is 8.26. The van der Waals surface area contributed by atoms with Crippen LogP contribution in [0.1, 0.15) is 5.56 Å². The van der Waals surface area contributed by atoms with Crippen LogP contribution in [0, 0.1) is 0 Å². The number of rotatable bonds is 5. The van der Waals surface area contributed by atoms with Gasteiger partial charge in [-0.2, -0.15) is 0 Å². The smallest absolute Gasteiger partial charge is 0.141 e. The topological polar surface area (TPSA) is 45.4 Å². The second-order valence-corrected chi connectivity index (χ2v) is 3.77. The molecule has 0 aliphatic heterocycles. The van der Waals surface area contributed by atoms with Crippen molar-refractivity contribution in [3.8, 4) is 0 Å². The average molecular weight is 235 g/mol. The zero-order chi connectivity index (χ0) is 12.3. The molecule has 17 heavy (non-hydrogen) atoms. The first kappa shape index (κ1) is 11.8. The molecule has 0 radical (unpaired) electrons. The summed E-state index contributed by atoms with van der Waals surface area (Å²) in [5.41, 5.74) is 2.22. The summed E-state index contributed by atoms with van der Waals surface area (Å²) in [5, 5.41) is 12.7. The predicted molar refractivity (Wildman–Crippen MR) is 65.2 cm³/mol. The second-order valence-electron chi connectivity index (χ2n) is 3.77. The lowest BCUT2D eigenvalue weighted by atomic mass is 10.00. The van der Waals surface area contributed by atoms with E-state index in [0.29, 0.717) is 5.57 Å². The molecule has 0 amide bonds. The van der Waals surface area contributed by atoms with Crippen molar-refractivity contribution >= 4 is 16.5 Å². The average Bonchev–Trinajstić information content (AvgIpc) is 2.82. The molecule has 1 atom stereocenters. The van der Waals surface area contributed by atoms with Crippen molar-refractivity contribution < 1.29 is 13.9 Å². The lowest BCUT2D eigenvalue weighted by Gasteiger charge is -2.17. The summed E-state index contributed by atoms with van der Waals surface area (Å²) in [4.78, 5) is 0. The van der Waals surface area contributed by atoms with E-state index in [1.807, 2.05) is 24.3 Å². The summed E-state index contributed by atoms with van der Waals surface area (Å²) in [6.45, 7) is 2.98. The van der Waals surface area contributed by atoms with Gasteiger partial charge in [0.25, 0.3) is 0 Å². The Kier molecular flexibility index (Phi) is 3.56. The fourth-order valence-electron chi connectivity index (χ4n) is 1.75. The van der Waals surface area contributed by atoms with E-state index < -0.39 is 12.8 Å².